The van der Waals surface area contributed by atoms with Crippen LogP contribution in [0, 0.1) is 11.8 Å². The van der Waals surface area contributed by atoms with Crippen LogP contribution in [0.3, 0.4) is 0 Å². The number of hydrogen-bond donors (Lipinski definition) is 0. The van der Waals surface area contributed by atoms with E-state index in [0.717, 1.165) is 38.2 Å². The van der Waals surface area contributed by atoms with Crippen LogP contribution in [0.25, 0.3) is 0 Å². The molecule has 0 unspecified atom stereocenters. The summed E-state index contributed by atoms with van der Waals surface area (Å²) >= 11 is 0. The maximum Gasteiger partial charge on any atom is 0.264 e. The van der Waals surface area contributed by atoms with Gasteiger partial charge in [0.05, 0.1) is 12.5 Å². The summed E-state index contributed by atoms with van der Waals surface area (Å²) in [6.45, 7) is 0. The molecule has 0 aromatic carbocycles. The van der Waals surface area contributed by atoms with Gasteiger partial charge >= 0.3 is 0 Å². The van der Waals surface area contributed by atoms with Gasteiger partial charge in [-0.15, -0.1) is 0 Å². The Morgan fingerprint density at radius 3 is 1.40 bits per heavy atom. The van der Waals surface area contributed by atoms with Crippen molar-refractivity contribution in [3.63, 3.8) is 0 Å². The second-order valence-corrected chi connectivity index (χ2v) is 9.16. The largest absolute Gasteiger partial charge is 0.264 e. The van der Waals surface area contributed by atoms with Gasteiger partial charge < -0.3 is 0 Å². The van der Waals surface area contributed by atoms with Gasteiger partial charge in [0.25, 0.3) is 20.2 Å². The van der Waals surface area contributed by atoms with Crippen molar-refractivity contribution in [3.05, 3.63) is 0 Å². The Hall–Kier alpha value is -0.180. The van der Waals surface area contributed by atoms with Gasteiger partial charge in [0.2, 0.25) is 0 Å². The second kappa shape index (κ2) is 5.90. The minimum absolute atomic E-state index is 0.412. The fourth-order valence-corrected chi connectivity index (χ4v) is 4.76. The number of rotatable bonds is 4. The molecule has 118 valence electrons. The van der Waals surface area contributed by atoms with Crippen molar-refractivity contribution < 1.29 is 25.2 Å². The van der Waals surface area contributed by atoms with Gasteiger partial charge in [-0.05, 0) is 24.7 Å². The summed E-state index contributed by atoms with van der Waals surface area (Å²) in [5.74, 6) is 0.824. The monoisotopic (exact) mass is 326 g/mol. The van der Waals surface area contributed by atoms with Crippen molar-refractivity contribution in [1.29, 1.82) is 0 Å². The molecule has 0 aromatic rings. The third-order valence-corrected chi connectivity index (χ3v) is 5.34. The van der Waals surface area contributed by atoms with Crippen LogP contribution in [0.4, 0.5) is 0 Å². The Labute approximate surface area is 121 Å². The van der Waals surface area contributed by atoms with Crippen LogP contribution < -0.4 is 0 Å². The molecule has 6 nitrogen and oxygen atoms in total. The lowest BCUT2D eigenvalue weighted by atomic mass is 9.69. The summed E-state index contributed by atoms with van der Waals surface area (Å²) in [6, 6.07) is 0. The standard InChI is InChI=1S/C12H22O6S2/c1-19(13,14)17-11-7-9-5-3-4-6-10(9)8-12(11)18-20(2,15)16/h9-12H,3-8H2,1-2H3/t9-,10-,11-,12-/m0/s1. The van der Waals surface area contributed by atoms with Gasteiger partial charge in [0, 0.05) is 0 Å². The zero-order chi connectivity index (χ0) is 15.0. The Balaban J connectivity index is 2.15. The van der Waals surface area contributed by atoms with Crippen LogP contribution in [-0.2, 0) is 28.6 Å². The minimum Gasteiger partial charge on any atom is -0.264 e. The smallest absolute Gasteiger partial charge is 0.264 e. The van der Waals surface area contributed by atoms with E-state index in [4.69, 9.17) is 8.37 Å². The average Bonchev–Trinajstić information content (AvgIpc) is 2.26. The third kappa shape index (κ3) is 4.68. The van der Waals surface area contributed by atoms with Crippen molar-refractivity contribution >= 4 is 20.2 Å². The first-order valence-electron chi connectivity index (χ1n) is 6.90. The first-order valence-corrected chi connectivity index (χ1v) is 10.5. The molecule has 4 atom stereocenters. The Bertz CT molecular complexity index is 488. The van der Waals surface area contributed by atoms with Crippen molar-refractivity contribution in [1.82, 2.24) is 0 Å². The molecule has 2 aliphatic rings. The van der Waals surface area contributed by atoms with E-state index in [1.165, 1.54) is 0 Å². The van der Waals surface area contributed by atoms with E-state index < -0.39 is 32.4 Å². The van der Waals surface area contributed by atoms with E-state index in [-0.39, 0.29) is 0 Å². The highest BCUT2D eigenvalue weighted by atomic mass is 32.2. The topological polar surface area (TPSA) is 86.7 Å². The predicted molar refractivity (Wildman–Crippen MR) is 74.1 cm³/mol. The molecule has 0 amide bonds. The maximum atomic E-state index is 11.3. The molecule has 2 fully saturated rings. The SMILES string of the molecule is CS(=O)(=O)O[C@H]1C[C@@H]2CCCC[C@H]2C[C@@H]1OS(C)(=O)=O. The van der Waals surface area contributed by atoms with Crippen LogP contribution in [0.1, 0.15) is 38.5 Å². The molecule has 20 heavy (non-hydrogen) atoms. The molecule has 2 saturated carbocycles. The van der Waals surface area contributed by atoms with Gasteiger partial charge in [0.15, 0.2) is 0 Å². The zero-order valence-electron chi connectivity index (χ0n) is 11.8. The molecule has 8 heteroatoms. The first kappa shape index (κ1) is 16.2. The predicted octanol–water partition coefficient (Wildman–Crippen LogP) is 1.28. The molecule has 0 bridgehead atoms. The molecular formula is C12H22O6S2. The van der Waals surface area contributed by atoms with Crippen LogP contribution >= 0.6 is 0 Å². The highest BCUT2D eigenvalue weighted by molar-refractivity contribution is 7.86. The Kier molecular flexibility index (Phi) is 4.78. The molecule has 0 aromatic heterocycles. The number of fused-ring (bicyclic) bond motifs is 1. The molecule has 0 spiro atoms. The molecule has 0 N–H and O–H groups in total. The fourth-order valence-electron chi connectivity index (χ4n) is 3.46. The summed E-state index contributed by atoms with van der Waals surface area (Å²) in [6.07, 6.45) is 6.08. The van der Waals surface area contributed by atoms with Crippen molar-refractivity contribution in [2.45, 2.75) is 50.7 Å². The highest BCUT2D eigenvalue weighted by Gasteiger charge is 2.42. The third-order valence-electron chi connectivity index (χ3n) is 4.15. The normalized spacial score (nSPS) is 35.5. The minimum atomic E-state index is -3.62. The Morgan fingerprint density at radius 2 is 1.10 bits per heavy atom. The molecule has 0 saturated heterocycles. The fraction of sp³-hybridized carbons (Fsp3) is 1.00. The Morgan fingerprint density at radius 1 is 0.750 bits per heavy atom. The molecule has 0 aliphatic heterocycles. The van der Waals surface area contributed by atoms with Crippen molar-refractivity contribution in [3.8, 4) is 0 Å². The van der Waals surface area contributed by atoms with Crippen molar-refractivity contribution in [2.75, 3.05) is 12.5 Å². The lowest BCUT2D eigenvalue weighted by Crippen LogP contribution is -2.44. The number of hydrogen-bond acceptors (Lipinski definition) is 6. The van der Waals surface area contributed by atoms with Crippen LogP contribution in [0.2, 0.25) is 0 Å². The summed E-state index contributed by atoms with van der Waals surface area (Å²) < 4.78 is 55.5. The second-order valence-electron chi connectivity index (χ2n) is 5.95. The van der Waals surface area contributed by atoms with Crippen LogP contribution in [-0.4, -0.2) is 41.6 Å². The lowest BCUT2D eigenvalue weighted by molar-refractivity contribution is -0.0246. The van der Waals surface area contributed by atoms with Crippen molar-refractivity contribution in [2.24, 2.45) is 11.8 Å². The zero-order valence-corrected chi connectivity index (χ0v) is 13.5. The first-order chi connectivity index (χ1) is 9.14. The molecule has 0 radical (unpaired) electrons. The van der Waals surface area contributed by atoms with E-state index in [9.17, 15) is 16.8 Å². The van der Waals surface area contributed by atoms with Gasteiger partial charge in [0.1, 0.15) is 12.2 Å². The van der Waals surface area contributed by atoms with Crippen LogP contribution in [0.5, 0.6) is 0 Å². The van der Waals surface area contributed by atoms with Gasteiger partial charge in [-0.1, -0.05) is 25.7 Å². The van der Waals surface area contributed by atoms with Gasteiger partial charge in [-0.25, -0.2) is 0 Å². The van der Waals surface area contributed by atoms with E-state index in [2.05, 4.69) is 0 Å². The maximum absolute atomic E-state index is 11.3. The van der Waals surface area contributed by atoms with E-state index in [0.29, 0.717) is 24.7 Å². The lowest BCUT2D eigenvalue weighted by Gasteiger charge is -2.42. The summed E-state index contributed by atoms with van der Waals surface area (Å²) in [4.78, 5) is 0. The van der Waals surface area contributed by atoms with Crippen LogP contribution in [0.15, 0.2) is 0 Å². The quantitative estimate of drug-likeness (QED) is 0.723. The summed E-state index contributed by atoms with van der Waals surface area (Å²) in [7, 11) is -7.25. The molecule has 2 aliphatic carbocycles. The van der Waals surface area contributed by atoms with Gasteiger partial charge in [-0.2, -0.15) is 16.8 Å². The van der Waals surface area contributed by atoms with E-state index in [1.807, 2.05) is 0 Å². The van der Waals surface area contributed by atoms with Gasteiger partial charge in [-0.3, -0.25) is 8.37 Å². The summed E-state index contributed by atoms with van der Waals surface area (Å²) in [5, 5.41) is 0. The highest BCUT2D eigenvalue weighted by Crippen LogP contribution is 2.42. The molecular weight excluding hydrogens is 304 g/mol. The molecule has 2 rings (SSSR count). The van der Waals surface area contributed by atoms with E-state index in [1.54, 1.807) is 0 Å². The summed E-state index contributed by atoms with van der Waals surface area (Å²) in [5.41, 5.74) is 0. The average molecular weight is 326 g/mol. The molecule has 0 heterocycles. The van der Waals surface area contributed by atoms with E-state index >= 15 is 0 Å².